The lowest BCUT2D eigenvalue weighted by molar-refractivity contribution is 0.0948. The van der Waals surface area contributed by atoms with Crippen LogP contribution in [-0.4, -0.2) is 29.1 Å². The van der Waals surface area contributed by atoms with E-state index in [0.29, 0.717) is 30.0 Å². The number of benzene rings is 1. The van der Waals surface area contributed by atoms with Gasteiger partial charge in [-0.05, 0) is 37.0 Å². The number of aromatic nitrogens is 1. The fraction of sp³-hybridized carbons (Fsp3) is 0.412. The zero-order valence-electron chi connectivity index (χ0n) is 13.3. The van der Waals surface area contributed by atoms with Crippen LogP contribution in [0.1, 0.15) is 39.3 Å². The molecular formula is C17H21FN2O2S. The Kier molecular flexibility index (Phi) is 6.24. The molecule has 0 aliphatic heterocycles. The maximum Gasteiger partial charge on any atom is 0.263 e. The van der Waals surface area contributed by atoms with Gasteiger partial charge in [-0.25, -0.2) is 9.37 Å². The lowest BCUT2D eigenvalue weighted by Gasteiger charge is -2.10. The Morgan fingerprint density at radius 3 is 2.74 bits per heavy atom. The number of aryl methyl sites for hydroxylation is 1. The van der Waals surface area contributed by atoms with Gasteiger partial charge in [0.2, 0.25) is 0 Å². The molecule has 1 amide bonds. The van der Waals surface area contributed by atoms with Crippen molar-refractivity contribution in [3.05, 3.63) is 51.2 Å². The fourth-order valence-electron chi connectivity index (χ4n) is 2.19. The number of nitrogens with zero attached hydrogens (tertiary/aromatic N) is 1. The molecule has 4 nitrogen and oxygen atoms in total. The van der Waals surface area contributed by atoms with E-state index in [2.05, 4.69) is 10.3 Å². The number of amides is 1. The molecule has 1 heterocycles. The summed E-state index contributed by atoms with van der Waals surface area (Å²) in [6.07, 6.45) is 1.25. The van der Waals surface area contributed by atoms with E-state index in [1.165, 1.54) is 23.5 Å². The van der Waals surface area contributed by atoms with Gasteiger partial charge < -0.3 is 10.4 Å². The van der Waals surface area contributed by atoms with Crippen LogP contribution in [0.4, 0.5) is 4.39 Å². The smallest absolute Gasteiger partial charge is 0.263 e. The molecule has 1 unspecified atom stereocenters. The molecule has 2 aromatic rings. The summed E-state index contributed by atoms with van der Waals surface area (Å²) in [5.74, 6) is -0.160. The second-order valence-electron chi connectivity index (χ2n) is 5.65. The Balaban J connectivity index is 1.99. The highest BCUT2D eigenvalue weighted by atomic mass is 32.1. The number of thiazole rings is 1. The van der Waals surface area contributed by atoms with Crippen LogP contribution in [0.25, 0.3) is 0 Å². The molecule has 1 aromatic heterocycles. The van der Waals surface area contributed by atoms with Gasteiger partial charge in [0.1, 0.15) is 10.7 Å². The third-order valence-electron chi connectivity index (χ3n) is 3.55. The Hall–Kier alpha value is -1.79. The van der Waals surface area contributed by atoms with E-state index in [4.69, 9.17) is 5.11 Å². The largest absolute Gasteiger partial charge is 0.396 e. The van der Waals surface area contributed by atoms with Crippen molar-refractivity contribution in [2.24, 2.45) is 5.92 Å². The predicted molar refractivity (Wildman–Crippen MR) is 89.3 cm³/mol. The topological polar surface area (TPSA) is 62.2 Å². The number of rotatable bonds is 7. The number of hydrogen-bond donors (Lipinski definition) is 2. The Morgan fingerprint density at radius 2 is 2.09 bits per heavy atom. The molecule has 0 bridgehead atoms. The highest BCUT2D eigenvalue weighted by Crippen LogP contribution is 2.21. The summed E-state index contributed by atoms with van der Waals surface area (Å²) in [4.78, 5) is 17.3. The molecule has 0 fully saturated rings. The number of carbonyl (C=O) groups excluding carboxylic acids is 1. The van der Waals surface area contributed by atoms with Gasteiger partial charge in [0.25, 0.3) is 5.91 Å². The number of halogens is 1. The van der Waals surface area contributed by atoms with Gasteiger partial charge in [-0.3, -0.25) is 4.79 Å². The van der Waals surface area contributed by atoms with Crippen molar-refractivity contribution >= 4 is 17.2 Å². The van der Waals surface area contributed by atoms with Gasteiger partial charge >= 0.3 is 0 Å². The summed E-state index contributed by atoms with van der Waals surface area (Å²) in [5, 5.41) is 12.6. The number of carbonyl (C=O) groups is 1. The van der Waals surface area contributed by atoms with Crippen LogP contribution in [0.2, 0.25) is 0 Å². The van der Waals surface area contributed by atoms with Crippen LogP contribution in [0.5, 0.6) is 0 Å². The average Bonchev–Trinajstić information content (AvgIpc) is 2.88. The third kappa shape index (κ3) is 5.11. The maximum absolute atomic E-state index is 12.9. The van der Waals surface area contributed by atoms with Crippen molar-refractivity contribution in [1.29, 1.82) is 0 Å². The Morgan fingerprint density at radius 1 is 1.39 bits per heavy atom. The lowest BCUT2D eigenvalue weighted by Crippen LogP contribution is -2.28. The van der Waals surface area contributed by atoms with E-state index in [1.54, 1.807) is 12.1 Å². The van der Waals surface area contributed by atoms with Crippen LogP contribution in [0.3, 0.4) is 0 Å². The van der Waals surface area contributed by atoms with Crippen LogP contribution in [0, 0.1) is 18.7 Å². The van der Waals surface area contributed by atoms with Crippen molar-refractivity contribution in [3.8, 4) is 0 Å². The summed E-state index contributed by atoms with van der Waals surface area (Å²) < 4.78 is 12.9. The molecule has 2 N–H and O–H groups in total. The molecule has 0 spiro atoms. The quantitative estimate of drug-likeness (QED) is 0.817. The number of aliphatic hydroxyl groups is 1. The summed E-state index contributed by atoms with van der Waals surface area (Å²) >= 11 is 1.37. The van der Waals surface area contributed by atoms with E-state index in [0.717, 1.165) is 10.6 Å². The first kappa shape index (κ1) is 17.6. The van der Waals surface area contributed by atoms with E-state index in [9.17, 15) is 9.18 Å². The molecule has 6 heteroatoms. The Bertz CT molecular complexity index is 655. The maximum atomic E-state index is 12.9. The van der Waals surface area contributed by atoms with Gasteiger partial charge in [-0.2, -0.15) is 0 Å². The van der Waals surface area contributed by atoms with E-state index >= 15 is 0 Å². The van der Waals surface area contributed by atoms with Crippen molar-refractivity contribution in [2.45, 2.75) is 26.7 Å². The minimum Gasteiger partial charge on any atom is -0.396 e. The molecule has 0 aliphatic carbocycles. The van der Waals surface area contributed by atoms with Crippen LogP contribution in [0.15, 0.2) is 24.3 Å². The summed E-state index contributed by atoms with van der Waals surface area (Å²) in [6.45, 7) is 4.45. The standard InChI is InChI=1S/C17H21FN2O2S/c1-11(7-8-21)10-19-17(22)16-12(2)20-15(23-16)9-13-3-5-14(18)6-4-13/h3-6,11,21H,7-10H2,1-2H3,(H,19,22). The van der Waals surface area contributed by atoms with Crippen molar-refractivity contribution in [2.75, 3.05) is 13.2 Å². The van der Waals surface area contributed by atoms with Gasteiger partial charge in [0.05, 0.1) is 10.7 Å². The lowest BCUT2D eigenvalue weighted by atomic mass is 10.1. The SMILES string of the molecule is Cc1nc(Cc2ccc(F)cc2)sc1C(=O)NCC(C)CCO. The summed E-state index contributed by atoms with van der Waals surface area (Å²) in [5.41, 5.74) is 1.67. The summed E-state index contributed by atoms with van der Waals surface area (Å²) in [6, 6.07) is 6.29. The molecular weight excluding hydrogens is 315 g/mol. The monoisotopic (exact) mass is 336 g/mol. The molecule has 0 saturated carbocycles. The molecule has 23 heavy (non-hydrogen) atoms. The molecule has 0 radical (unpaired) electrons. The molecule has 2 rings (SSSR count). The van der Waals surface area contributed by atoms with Crippen LogP contribution < -0.4 is 5.32 Å². The second kappa shape index (κ2) is 8.17. The Labute approximate surface area is 139 Å². The van der Waals surface area contributed by atoms with E-state index < -0.39 is 0 Å². The van der Waals surface area contributed by atoms with Gasteiger partial charge in [0.15, 0.2) is 0 Å². The zero-order valence-corrected chi connectivity index (χ0v) is 14.1. The highest BCUT2D eigenvalue weighted by Gasteiger charge is 2.16. The van der Waals surface area contributed by atoms with Crippen LogP contribution >= 0.6 is 11.3 Å². The first-order chi connectivity index (χ1) is 11.0. The molecule has 1 aromatic carbocycles. The third-order valence-corrected chi connectivity index (χ3v) is 4.70. The minimum atomic E-state index is -0.263. The number of aliphatic hydroxyl groups excluding tert-OH is 1. The van der Waals surface area contributed by atoms with Crippen molar-refractivity contribution < 1.29 is 14.3 Å². The van der Waals surface area contributed by atoms with Crippen LogP contribution in [-0.2, 0) is 6.42 Å². The molecule has 0 aliphatic rings. The zero-order chi connectivity index (χ0) is 16.8. The minimum absolute atomic E-state index is 0.123. The highest BCUT2D eigenvalue weighted by molar-refractivity contribution is 7.13. The first-order valence-corrected chi connectivity index (χ1v) is 8.41. The van der Waals surface area contributed by atoms with E-state index in [1.807, 2.05) is 13.8 Å². The van der Waals surface area contributed by atoms with Crippen molar-refractivity contribution in [3.63, 3.8) is 0 Å². The first-order valence-electron chi connectivity index (χ1n) is 7.59. The van der Waals surface area contributed by atoms with Gasteiger partial charge in [-0.1, -0.05) is 19.1 Å². The number of nitrogens with one attached hydrogen (secondary N) is 1. The van der Waals surface area contributed by atoms with Crippen molar-refractivity contribution in [1.82, 2.24) is 10.3 Å². The number of hydrogen-bond acceptors (Lipinski definition) is 4. The summed E-state index contributed by atoms with van der Waals surface area (Å²) in [7, 11) is 0. The molecule has 0 saturated heterocycles. The molecule has 124 valence electrons. The average molecular weight is 336 g/mol. The normalized spacial score (nSPS) is 12.2. The second-order valence-corrected chi connectivity index (χ2v) is 6.74. The van der Waals surface area contributed by atoms with E-state index in [-0.39, 0.29) is 24.2 Å². The molecule has 1 atom stereocenters. The fourth-order valence-corrected chi connectivity index (χ4v) is 3.20. The van der Waals surface area contributed by atoms with Gasteiger partial charge in [-0.15, -0.1) is 11.3 Å². The predicted octanol–water partition coefficient (Wildman–Crippen LogP) is 2.93. The van der Waals surface area contributed by atoms with Gasteiger partial charge in [0, 0.05) is 19.6 Å².